The molecule has 0 amide bonds. The Morgan fingerprint density at radius 1 is 1.15 bits per heavy atom. The number of hydrogen-bond acceptors (Lipinski definition) is 9. The number of hydrogen-bond donors (Lipinski definition) is 2. The van der Waals surface area contributed by atoms with Crippen molar-refractivity contribution in [1.29, 1.82) is 0 Å². The molecule has 1 aliphatic heterocycles. The highest BCUT2D eigenvalue weighted by molar-refractivity contribution is 5.89. The molecule has 1 aromatic heterocycles. The van der Waals surface area contributed by atoms with Gasteiger partial charge in [-0.3, -0.25) is 0 Å². The van der Waals surface area contributed by atoms with Crippen molar-refractivity contribution in [3.05, 3.63) is 36.2 Å². The summed E-state index contributed by atoms with van der Waals surface area (Å²) < 4.78 is 10.4. The molecule has 1 aromatic carbocycles. The molecule has 3 rings (SSSR count). The molecule has 1 aliphatic rings. The Morgan fingerprint density at radius 3 is 2.50 bits per heavy atom. The number of nitrogens with two attached hydrogens (primary N) is 1. The van der Waals surface area contributed by atoms with E-state index in [9.17, 15) is 4.79 Å². The number of nitrogen functional groups attached to an aromatic ring is 1. The van der Waals surface area contributed by atoms with Crippen LogP contribution in [0.3, 0.4) is 0 Å². The Hall–Kier alpha value is -2.91. The van der Waals surface area contributed by atoms with Crippen molar-refractivity contribution in [3.8, 4) is 11.6 Å². The summed E-state index contributed by atoms with van der Waals surface area (Å²) in [6, 6.07) is 6.53. The molecule has 26 heavy (non-hydrogen) atoms. The molecule has 0 radical (unpaired) electrons. The topological polar surface area (TPSA) is 106 Å². The number of carbonyl (C=O) groups is 1. The molecule has 1 fully saturated rings. The minimum Gasteiger partial charge on any atom is -0.465 e. The van der Waals surface area contributed by atoms with Crippen LogP contribution in [0.15, 0.2) is 30.6 Å². The van der Waals surface area contributed by atoms with Gasteiger partial charge in [-0.1, -0.05) is 0 Å². The van der Waals surface area contributed by atoms with Crippen LogP contribution in [0, 0.1) is 0 Å². The highest BCUT2D eigenvalue weighted by Crippen LogP contribution is 2.29. The normalized spacial score (nSPS) is 15.5. The Labute approximate surface area is 151 Å². The zero-order valence-electron chi connectivity index (χ0n) is 14.8. The predicted octanol–water partition coefficient (Wildman–Crippen LogP) is 1.21. The third kappa shape index (κ3) is 4.19. The largest absolute Gasteiger partial charge is 0.465 e. The lowest BCUT2D eigenvalue weighted by atomic mass is 10.2. The van der Waals surface area contributed by atoms with Crippen LogP contribution < -0.4 is 15.9 Å². The van der Waals surface area contributed by atoms with E-state index in [0.717, 1.165) is 26.2 Å². The number of esters is 1. The number of benzene rings is 1. The maximum atomic E-state index is 11.5. The second-order valence-electron chi connectivity index (χ2n) is 5.96. The maximum absolute atomic E-state index is 11.5. The molecule has 0 bridgehead atoms. The van der Waals surface area contributed by atoms with E-state index in [1.54, 1.807) is 24.3 Å². The van der Waals surface area contributed by atoms with E-state index in [2.05, 4.69) is 37.1 Å². The van der Waals surface area contributed by atoms with E-state index in [1.165, 1.54) is 13.4 Å². The van der Waals surface area contributed by atoms with Crippen LogP contribution in [0.2, 0.25) is 0 Å². The molecular weight excluding hydrogens is 336 g/mol. The van der Waals surface area contributed by atoms with E-state index in [1.807, 2.05) is 0 Å². The van der Waals surface area contributed by atoms with Crippen LogP contribution in [0.25, 0.3) is 0 Å². The maximum Gasteiger partial charge on any atom is 0.337 e. The number of rotatable bonds is 5. The third-order valence-corrected chi connectivity index (χ3v) is 4.10. The van der Waals surface area contributed by atoms with Crippen LogP contribution in [-0.2, 0) is 4.74 Å². The fraction of sp³-hybridized carbons (Fsp3) is 0.353. The van der Waals surface area contributed by atoms with Gasteiger partial charge in [0.1, 0.15) is 17.8 Å². The van der Waals surface area contributed by atoms with Gasteiger partial charge in [0.05, 0.1) is 12.7 Å². The van der Waals surface area contributed by atoms with Crippen LogP contribution >= 0.6 is 0 Å². The smallest absolute Gasteiger partial charge is 0.337 e. The van der Waals surface area contributed by atoms with Gasteiger partial charge in [0.2, 0.25) is 5.88 Å². The lowest BCUT2D eigenvalue weighted by Crippen LogP contribution is -2.47. The third-order valence-electron chi connectivity index (χ3n) is 4.10. The standard InChI is InChI=1S/C17H22N6O3/c1-22-7-9-23(10-8-22)21-15-14(18)16(20-11-19-15)26-13-5-3-12(4-6-13)17(24)25-2/h3-6,11H,7-10,18H2,1-2H3,(H,19,20,21). The number of likely N-dealkylation sites (N-methyl/N-ethyl adjacent to an activating group) is 1. The summed E-state index contributed by atoms with van der Waals surface area (Å²) in [7, 11) is 3.43. The van der Waals surface area contributed by atoms with Crippen LogP contribution in [0.4, 0.5) is 11.5 Å². The zero-order chi connectivity index (χ0) is 18.5. The van der Waals surface area contributed by atoms with Gasteiger partial charge in [-0.05, 0) is 31.3 Å². The summed E-state index contributed by atoms with van der Waals surface area (Å²) in [6.07, 6.45) is 1.40. The minimum absolute atomic E-state index is 0.252. The van der Waals surface area contributed by atoms with E-state index >= 15 is 0 Å². The van der Waals surface area contributed by atoms with Crippen molar-refractivity contribution in [2.24, 2.45) is 0 Å². The molecule has 3 N–H and O–H groups in total. The summed E-state index contributed by atoms with van der Waals surface area (Å²) in [5.41, 5.74) is 10.1. The molecule has 138 valence electrons. The average Bonchev–Trinajstić information content (AvgIpc) is 2.66. The molecule has 0 aliphatic carbocycles. The first-order chi connectivity index (χ1) is 12.6. The van der Waals surface area contributed by atoms with Crippen molar-refractivity contribution < 1.29 is 14.3 Å². The van der Waals surface area contributed by atoms with Crippen LogP contribution in [0.5, 0.6) is 11.6 Å². The van der Waals surface area contributed by atoms with Crippen molar-refractivity contribution in [2.45, 2.75) is 0 Å². The van der Waals surface area contributed by atoms with Gasteiger partial charge in [0.15, 0.2) is 5.82 Å². The van der Waals surface area contributed by atoms with Crippen molar-refractivity contribution >= 4 is 17.5 Å². The molecule has 2 heterocycles. The Kier molecular flexibility index (Phi) is 5.49. The number of anilines is 2. The molecule has 1 saturated heterocycles. The van der Waals surface area contributed by atoms with Crippen LogP contribution in [0.1, 0.15) is 10.4 Å². The van der Waals surface area contributed by atoms with Gasteiger partial charge < -0.3 is 25.5 Å². The van der Waals surface area contributed by atoms with Crippen molar-refractivity contribution in [1.82, 2.24) is 19.9 Å². The molecule has 0 atom stereocenters. The van der Waals surface area contributed by atoms with E-state index < -0.39 is 5.97 Å². The highest BCUT2D eigenvalue weighted by atomic mass is 16.5. The quantitative estimate of drug-likeness (QED) is 0.763. The highest BCUT2D eigenvalue weighted by Gasteiger charge is 2.17. The van der Waals surface area contributed by atoms with Gasteiger partial charge in [-0.25, -0.2) is 14.8 Å². The molecule has 0 saturated carbocycles. The van der Waals surface area contributed by atoms with Gasteiger partial charge in [0, 0.05) is 26.2 Å². The molecule has 9 heteroatoms. The fourth-order valence-corrected chi connectivity index (χ4v) is 2.51. The monoisotopic (exact) mass is 358 g/mol. The van der Waals surface area contributed by atoms with Crippen LogP contribution in [-0.4, -0.2) is 66.2 Å². The van der Waals surface area contributed by atoms with Gasteiger partial charge in [-0.15, -0.1) is 0 Å². The molecule has 0 unspecified atom stereocenters. The van der Waals surface area contributed by atoms with Gasteiger partial charge in [-0.2, -0.15) is 4.98 Å². The second kappa shape index (κ2) is 7.98. The first-order valence-electron chi connectivity index (χ1n) is 8.23. The zero-order valence-corrected chi connectivity index (χ0v) is 14.8. The summed E-state index contributed by atoms with van der Waals surface area (Å²) in [4.78, 5) is 22.0. The van der Waals surface area contributed by atoms with Gasteiger partial charge >= 0.3 is 5.97 Å². The number of hydrazine groups is 1. The van der Waals surface area contributed by atoms with E-state index in [0.29, 0.717) is 22.8 Å². The SMILES string of the molecule is COC(=O)c1ccc(Oc2ncnc(NN3CCN(C)CC3)c2N)cc1. The first kappa shape index (κ1) is 17.9. The molecular formula is C17H22N6O3. The minimum atomic E-state index is -0.406. The van der Waals surface area contributed by atoms with E-state index in [-0.39, 0.29) is 5.88 Å². The summed E-state index contributed by atoms with van der Waals surface area (Å²) >= 11 is 0. The number of methoxy groups -OCH3 is 1. The fourth-order valence-electron chi connectivity index (χ4n) is 2.51. The first-order valence-corrected chi connectivity index (χ1v) is 8.23. The number of aromatic nitrogens is 2. The second-order valence-corrected chi connectivity index (χ2v) is 5.96. The number of ether oxygens (including phenoxy) is 2. The molecule has 9 nitrogen and oxygen atoms in total. The lowest BCUT2D eigenvalue weighted by molar-refractivity contribution is 0.0600. The Bertz CT molecular complexity index is 760. The summed E-state index contributed by atoms with van der Waals surface area (Å²) in [5, 5.41) is 2.06. The average molecular weight is 358 g/mol. The van der Waals surface area contributed by atoms with E-state index in [4.69, 9.17) is 10.5 Å². The van der Waals surface area contributed by atoms with Crippen molar-refractivity contribution in [3.63, 3.8) is 0 Å². The lowest BCUT2D eigenvalue weighted by Gasteiger charge is -2.32. The van der Waals surface area contributed by atoms with Gasteiger partial charge in [0.25, 0.3) is 0 Å². The molecule has 0 spiro atoms. The number of nitrogens with zero attached hydrogens (tertiary/aromatic N) is 4. The Morgan fingerprint density at radius 2 is 1.85 bits per heavy atom. The number of nitrogens with one attached hydrogen (secondary N) is 1. The summed E-state index contributed by atoms with van der Waals surface area (Å²) in [6.45, 7) is 3.66. The predicted molar refractivity (Wildman–Crippen MR) is 97.0 cm³/mol. The van der Waals surface area contributed by atoms with Crippen molar-refractivity contribution in [2.75, 3.05) is 51.5 Å². The number of carbonyl (C=O) groups excluding carboxylic acids is 1. The number of piperazine rings is 1. The summed E-state index contributed by atoms with van der Waals surface area (Å²) in [5.74, 6) is 0.860. The molecule has 2 aromatic rings. The Balaban J connectivity index is 1.69.